The van der Waals surface area contributed by atoms with Gasteiger partial charge in [0.25, 0.3) is 0 Å². The van der Waals surface area contributed by atoms with Crippen LogP contribution in [-0.4, -0.2) is 23.3 Å². The molecule has 1 N–H and O–H groups in total. The van der Waals surface area contributed by atoms with Gasteiger partial charge in [0, 0.05) is 4.88 Å². The van der Waals surface area contributed by atoms with Crippen molar-refractivity contribution in [3.8, 4) is 0 Å². The zero-order valence-electron chi connectivity index (χ0n) is 9.51. The fraction of sp³-hybridized carbons (Fsp3) is 0.182. The van der Waals surface area contributed by atoms with Crippen molar-refractivity contribution >= 4 is 39.1 Å². The Kier molecular flexibility index (Phi) is 4.27. The summed E-state index contributed by atoms with van der Waals surface area (Å²) in [6, 6.07) is 7.29. The highest BCUT2D eigenvalue weighted by atomic mass is 79.9. The fourth-order valence-corrected chi connectivity index (χ4v) is 2.69. The van der Waals surface area contributed by atoms with E-state index in [4.69, 9.17) is 0 Å². The molecule has 0 bridgehead atoms. The number of carbonyl (C=O) groups excluding carboxylic acids is 1. The number of anilines is 1. The summed E-state index contributed by atoms with van der Waals surface area (Å²) in [4.78, 5) is 12.3. The molecule has 0 spiro atoms. The summed E-state index contributed by atoms with van der Waals surface area (Å²) in [6.45, 7) is 0.669. The van der Waals surface area contributed by atoms with Crippen LogP contribution in [0.3, 0.4) is 0 Å². The molecular formula is C11H10BrN3O2S. The highest BCUT2D eigenvalue weighted by molar-refractivity contribution is 9.11. The number of methoxy groups -OCH3 is 1. The van der Waals surface area contributed by atoms with Crippen LogP contribution >= 0.6 is 27.3 Å². The van der Waals surface area contributed by atoms with E-state index < -0.39 is 5.97 Å². The van der Waals surface area contributed by atoms with Gasteiger partial charge in [0.2, 0.25) is 0 Å². The maximum absolute atomic E-state index is 11.2. The predicted molar refractivity (Wildman–Crippen MR) is 72.7 cm³/mol. The first-order chi connectivity index (χ1) is 8.69. The molecule has 0 aliphatic rings. The topological polar surface area (TPSA) is 64.1 Å². The Labute approximate surface area is 116 Å². The van der Waals surface area contributed by atoms with E-state index in [0.717, 1.165) is 3.79 Å². The second-order valence-electron chi connectivity index (χ2n) is 3.35. The molecule has 0 saturated heterocycles. The number of halogens is 1. The molecule has 0 aromatic carbocycles. The molecule has 0 unspecified atom stereocenters. The van der Waals surface area contributed by atoms with Crippen molar-refractivity contribution in [1.82, 2.24) is 10.2 Å². The van der Waals surface area contributed by atoms with E-state index in [1.807, 2.05) is 12.1 Å². The average molecular weight is 328 g/mol. The van der Waals surface area contributed by atoms with Gasteiger partial charge in [0.1, 0.15) is 5.82 Å². The summed E-state index contributed by atoms with van der Waals surface area (Å²) in [6.07, 6.45) is 0. The Balaban J connectivity index is 1.96. The van der Waals surface area contributed by atoms with Gasteiger partial charge in [-0.2, -0.15) is 0 Å². The van der Waals surface area contributed by atoms with Crippen molar-refractivity contribution in [2.75, 3.05) is 12.4 Å². The normalized spacial score (nSPS) is 10.1. The maximum atomic E-state index is 11.2. The third-order valence-electron chi connectivity index (χ3n) is 2.13. The second kappa shape index (κ2) is 5.92. The number of hydrogen-bond donors (Lipinski definition) is 1. The Bertz CT molecular complexity index is 541. The lowest BCUT2D eigenvalue weighted by atomic mass is 10.4. The molecule has 0 saturated carbocycles. The minimum Gasteiger partial charge on any atom is -0.464 e. The molecule has 0 aliphatic heterocycles. The lowest BCUT2D eigenvalue weighted by molar-refractivity contribution is 0.0593. The number of ether oxygens (including phenoxy) is 1. The molecule has 2 aromatic heterocycles. The van der Waals surface area contributed by atoms with Gasteiger partial charge in [-0.05, 0) is 40.2 Å². The van der Waals surface area contributed by atoms with E-state index in [9.17, 15) is 4.79 Å². The van der Waals surface area contributed by atoms with Crippen LogP contribution in [0.25, 0.3) is 0 Å². The van der Waals surface area contributed by atoms with Gasteiger partial charge >= 0.3 is 5.97 Å². The third kappa shape index (κ3) is 3.27. The summed E-state index contributed by atoms with van der Waals surface area (Å²) in [5.41, 5.74) is 0.196. The molecule has 18 heavy (non-hydrogen) atoms. The van der Waals surface area contributed by atoms with Gasteiger partial charge in [-0.1, -0.05) is 0 Å². The van der Waals surface area contributed by atoms with Crippen LogP contribution in [0.15, 0.2) is 28.1 Å². The van der Waals surface area contributed by atoms with Crippen molar-refractivity contribution in [2.24, 2.45) is 0 Å². The molecule has 0 radical (unpaired) electrons. The monoisotopic (exact) mass is 327 g/mol. The molecule has 0 fully saturated rings. The number of carbonyl (C=O) groups is 1. The van der Waals surface area contributed by atoms with E-state index in [1.165, 1.54) is 12.0 Å². The van der Waals surface area contributed by atoms with Crippen LogP contribution in [0.1, 0.15) is 15.4 Å². The SMILES string of the molecule is COC(=O)c1ccc(NCc2ccc(Br)s2)nn1. The van der Waals surface area contributed by atoms with Crippen LogP contribution in [0.5, 0.6) is 0 Å². The van der Waals surface area contributed by atoms with Crippen molar-refractivity contribution in [2.45, 2.75) is 6.54 Å². The van der Waals surface area contributed by atoms with Gasteiger partial charge < -0.3 is 10.1 Å². The van der Waals surface area contributed by atoms with Crippen molar-refractivity contribution in [3.63, 3.8) is 0 Å². The van der Waals surface area contributed by atoms with Crippen molar-refractivity contribution < 1.29 is 9.53 Å². The van der Waals surface area contributed by atoms with E-state index in [0.29, 0.717) is 12.4 Å². The van der Waals surface area contributed by atoms with Crippen LogP contribution < -0.4 is 5.32 Å². The third-order valence-corrected chi connectivity index (χ3v) is 3.76. The van der Waals surface area contributed by atoms with Crippen molar-refractivity contribution in [3.05, 3.63) is 38.6 Å². The smallest absolute Gasteiger partial charge is 0.358 e. The first kappa shape index (κ1) is 13.0. The maximum Gasteiger partial charge on any atom is 0.358 e. The standard InChI is InChI=1S/C11H10BrN3O2S/c1-17-11(16)8-3-5-10(15-14-8)13-6-7-2-4-9(12)18-7/h2-5H,6H2,1H3,(H,13,15). The van der Waals surface area contributed by atoms with Gasteiger partial charge in [0.15, 0.2) is 5.69 Å². The largest absolute Gasteiger partial charge is 0.464 e. The molecule has 2 aromatic rings. The molecule has 2 heterocycles. The summed E-state index contributed by atoms with van der Waals surface area (Å²) >= 11 is 5.05. The van der Waals surface area contributed by atoms with E-state index in [2.05, 4.69) is 36.2 Å². The van der Waals surface area contributed by atoms with Gasteiger partial charge in [0.05, 0.1) is 17.4 Å². The Morgan fingerprint density at radius 3 is 2.78 bits per heavy atom. The minimum atomic E-state index is -0.490. The van der Waals surface area contributed by atoms with Gasteiger partial charge in [-0.3, -0.25) is 0 Å². The molecule has 7 heteroatoms. The van der Waals surface area contributed by atoms with Gasteiger partial charge in [-0.15, -0.1) is 21.5 Å². The number of hydrogen-bond acceptors (Lipinski definition) is 6. The van der Waals surface area contributed by atoms with Crippen LogP contribution in [0.4, 0.5) is 5.82 Å². The lowest BCUT2D eigenvalue weighted by Crippen LogP contribution is -2.07. The quantitative estimate of drug-likeness (QED) is 0.875. The molecule has 94 valence electrons. The highest BCUT2D eigenvalue weighted by Gasteiger charge is 2.07. The number of nitrogens with zero attached hydrogens (tertiary/aromatic N) is 2. The second-order valence-corrected chi connectivity index (χ2v) is 5.90. The number of nitrogens with one attached hydrogen (secondary N) is 1. The molecule has 5 nitrogen and oxygen atoms in total. The molecule has 0 atom stereocenters. The van der Waals surface area contributed by atoms with E-state index in [1.54, 1.807) is 23.5 Å². The zero-order chi connectivity index (χ0) is 13.0. The van der Waals surface area contributed by atoms with Crippen LogP contribution in [-0.2, 0) is 11.3 Å². The summed E-state index contributed by atoms with van der Waals surface area (Å²) in [5.74, 6) is 0.128. The number of aromatic nitrogens is 2. The molecular weight excluding hydrogens is 318 g/mol. The lowest BCUT2D eigenvalue weighted by Gasteiger charge is -2.03. The predicted octanol–water partition coefficient (Wildman–Crippen LogP) is 2.70. The van der Waals surface area contributed by atoms with Gasteiger partial charge in [-0.25, -0.2) is 4.79 Å². The number of rotatable bonds is 4. The molecule has 0 aliphatic carbocycles. The Morgan fingerprint density at radius 2 is 2.22 bits per heavy atom. The Morgan fingerprint density at radius 1 is 1.39 bits per heavy atom. The summed E-state index contributed by atoms with van der Waals surface area (Å²) in [7, 11) is 1.31. The summed E-state index contributed by atoms with van der Waals surface area (Å²) < 4.78 is 5.63. The first-order valence-electron chi connectivity index (χ1n) is 5.09. The van der Waals surface area contributed by atoms with Crippen LogP contribution in [0, 0.1) is 0 Å². The molecule has 2 rings (SSSR count). The average Bonchev–Trinajstić information content (AvgIpc) is 2.82. The first-order valence-corrected chi connectivity index (χ1v) is 6.70. The van der Waals surface area contributed by atoms with Crippen molar-refractivity contribution in [1.29, 1.82) is 0 Å². The minimum absolute atomic E-state index is 0.196. The van der Waals surface area contributed by atoms with Crippen LogP contribution in [0.2, 0.25) is 0 Å². The Hall–Kier alpha value is -1.47. The number of thiophene rings is 1. The van der Waals surface area contributed by atoms with E-state index >= 15 is 0 Å². The highest BCUT2D eigenvalue weighted by Crippen LogP contribution is 2.22. The van der Waals surface area contributed by atoms with E-state index in [-0.39, 0.29) is 5.69 Å². The zero-order valence-corrected chi connectivity index (χ0v) is 11.9. The molecule has 0 amide bonds. The number of esters is 1. The fourth-order valence-electron chi connectivity index (χ4n) is 1.26. The summed E-state index contributed by atoms with van der Waals surface area (Å²) in [5, 5.41) is 10.8.